The lowest BCUT2D eigenvalue weighted by atomic mass is 10.2. The number of nitrogens with one attached hydrogen (secondary N) is 2. The van der Waals surface area contributed by atoms with Crippen molar-refractivity contribution in [1.29, 1.82) is 0 Å². The summed E-state index contributed by atoms with van der Waals surface area (Å²) in [5.74, 6) is 0.664. The maximum absolute atomic E-state index is 12.1. The second-order valence-corrected chi connectivity index (χ2v) is 5.97. The molecule has 0 atom stereocenters. The zero-order valence-electron chi connectivity index (χ0n) is 13.6. The van der Waals surface area contributed by atoms with Crippen LogP contribution >= 0.6 is 11.8 Å². The van der Waals surface area contributed by atoms with Crippen LogP contribution in [0.4, 0.5) is 11.4 Å². The molecule has 0 aliphatic rings. The zero-order chi connectivity index (χ0) is 17.5. The van der Waals surface area contributed by atoms with Gasteiger partial charge in [-0.1, -0.05) is 23.9 Å². The van der Waals surface area contributed by atoms with Crippen LogP contribution in [0.3, 0.4) is 0 Å². The molecule has 0 radical (unpaired) electrons. The first kappa shape index (κ1) is 17.7. The van der Waals surface area contributed by atoms with Gasteiger partial charge in [-0.3, -0.25) is 9.59 Å². The summed E-state index contributed by atoms with van der Waals surface area (Å²) in [4.78, 5) is 23.2. The largest absolute Gasteiger partial charge is 0.326 e. The highest BCUT2D eigenvalue weighted by atomic mass is 32.2. The maximum atomic E-state index is 12.1. The van der Waals surface area contributed by atoms with Crippen molar-refractivity contribution >= 4 is 35.0 Å². The molecule has 2 aromatic rings. The van der Waals surface area contributed by atoms with E-state index in [1.807, 2.05) is 11.5 Å². The molecule has 1 aromatic heterocycles. The summed E-state index contributed by atoms with van der Waals surface area (Å²) in [6, 6.07) is 6.98. The van der Waals surface area contributed by atoms with Crippen molar-refractivity contribution in [3.8, 4) is 0 Å². The first-order valence-electron chi connectivity index (χ1n) is 7.30. The van der Waals surface area contributed by atoms with Gasteiger partial charge in [0.25, 0.3) is 0 Å². The van der Waals surface area contributed by atoms with E-state index in [1.165, 1.54) is 18.7 Å². The van der Waals surface area contributed by atoms with E-state index in [1.54, 1.807) is 30.3 Å². The van der Waals surface area contributed by atoms with Crippen LogP contribution in [0, 0.1) is 6.92 Å². The molecule has 0 saturated carbocycles. The van der Waals surface area contributed by atoms with Gasteiger partial charge >= 0.3 is 0 Å². The Balaban J connectivity index is 1.94. The van der Waals surface area contributed by atoms with Gasteiger partial charge in [0.2, 0.25) is 11.8 Å². The van der Waals surface area contributed by atoms with Gasteiger partial charge in [-0.05, 0) is 25.1 Å². The molecule has 0 bridgehead atoms. The van der Waals surface area contributed by atoms with Crippen LogP contribution < -0.4 is 10.6 Å². The number of nitrogens with zero attached hydrogens (tertiary/aromatic N) is 3. The molecule has 126 valence electrons. The SMILES string of the molecule is C=CCn1c(C)nnc1SCC(=O)Nc1cccc(NC(C)=O)c1. The number of benzene rings is 1. The van der Waals surface area contributed by atoms with Crippen LogP contribution in [0.5, 0.6) is 0 Å². The van der Waals surface area contributed by atoms with Crippen molar-refractivity contribution in [3.05, 3.63) is 42.7 Å². The molecular weight excluding hydrogens is 326 g/mol. The number of aromatic nitrogens is 3. The lowest BCUT2D eigenvalue weighted by Gasteiger charge is -2.08. The third-order valence-electron chi connectivity index (χ3n) is 3.01. The number of aryl methyl sites for hydroxylation is 1. The van der Waals surface area contributed by atoms with E-state index in [9.17, 15) is 9.59 Å². The van der Waals surface area contributed by atoms with Crippen molar-refractivity contribution in [3.63, 3.8) is 0 Å². The molecule has 1 heterocycles. The minimum atomic E-state index is -0.161. The van der Waals surface area contributed by atoms with Crippen LogP contribution in [0.2, 0.25) is 0 Å². The Bertz CT molecular complexity index is 757. The van der Waals surface area contributed by atoms with E-state index in [4.69, 9.17) is 0 Å². The average molecular weight is 345 g/mol. The van der Waals surface area contributed by atoms with Gasteiger partial charge in [0, 0.05) is 24.8 Å². The quantitative estimate of drug-likeness (QED) is 0.594. The summed E-state index contributed by atoms with van der Waals surface area (Å²) >= 11 is 1.31. The Morgan fingerprint density at radius 2 is 2.00 bits per heavy atom. The first-order chi connectivity index (χ1) is 11.5. The fourth-order valence-electron chi connectivity index (χ4n) is 2.01. The van der Waals surface area contributed by atoms with E-state index >= 15 is 0 Å². The van der Waals surface area contributed by atoms with Crippen molar-refractivity contribution in [1.82, 2.24) is 14.8 Å². The zero-order valence-corrected chi connectivity index (χ0v) is 14.4. The highest BCUT2D eigenvalue weighted by Crippen LogP contribution is 2.19. The normalized spacial score (nSPS) is 10.2. The molecule has 0 aliphatic carbocycles. The minimum Gasteiger partial charge on any atom is -0.326 e. The van der Waals surface area contributed by atoms with Crippen LogP contribution in [-0.2, 0) is 16.1 Å². The van der Waals surface area contributed by atoms with Crippen LogP contribution in [-0.4, -0.2) is 32.3 Å². The highest BCUT2D eigenvalue weighted by molar-refractivity contribution is 7.99. The van der Waals surface area contributed by atoms with Crippen LogP contribution in [0.1, 0.15) is 12.7 Å². The Kier molecular flexibility index (Phi) is 6.14. The molecular formula is C16H19N5O2S. The number of hydrogen-bond acceptors (Lipinski definition) is 5. The Morgan fingerprint density at radius 1 is 1.29 bits per heavy atom. The number of carbonyl (C=O) groups excluding carboxylic acids is 2. The van der Waals surface area contributed by atoms with Crippen molar-refractivity contribution < 1.29 is 9.59 Å². The van der Waals surface area contributed by atoms with Gasteiger partial charge in [-0.25, -0.2) is 0 Å². The molecule has 0 unspecified atom stereocenters. The molecule has 0 spiro atoms. The second-order valence-electron chi connectivity index (χ2n) is 5.03. The third kappa shape index (κ3) is 4.95. The van der Waals surface area contributed by atoms with Gasteiger partial charge in [0.15, 0.2) is 5.16 Å². The van der Waals surface area contributed by atoms with Crippen molar-refractivity contribution in [2.24, 2.45) is 0 Å². The van der Waals surface area contributed by atoms with Gasteiger partial charge in [-0.15, -0.1) is 16.8 Å². The second kappa shape index (κ2) is 8.30. The molecule has 8 heteroatoms. The molecule has 0 fully saturated rings. The smallest absolute Gasteiger partial charge is 0.234 e. The lowest BCUT2D eigenvalue weighted by Crippen LogP contribution is -2.15. The highest BCUT2D eigenvalue weighted by Gasteiger charge is 2.11. The Morgan fingerprint density at radius 3 is 2.67 bits per heavy atom. The number of carbonyl (C=O) groups is 2. The minimum absolute atomic E-state index is 0.161. The van der Waals surface area contributed by atoms with E-state index in [2.05, 4.69) is 27.4 Å². The number of thioether (sulfide) groups is 1. The van der Waals surface area contributed by atoms with E-state index in [0.29, 0.717) is 23.1 Å². The summed E-state index contributed by atoms with van der Waals surface area (Å²) in [5, 5.41) is 14.2. The fraction of sp³-hybridized carbons (Fsp3) is 0.250. The summed E-state index contributed by atoms with van der Waals surface area (Å²) in [7, 11) is 0. The maximum Gasteiger partial charge on any atom is 0.234 e. The average Bonchev–Trinajstić information content (AvgIpc) is 2.86. The van der Waals surface area contributed by atoms with Gasteiger partial charge in [0.05, 0.1) is 5.75 Å². The summed E-state index contributed by atoms with van der Waals surface area (Å²) < 4.78 is 1.89. The van der Waals surface area contributed by atoms with E-state index in [-0.39, 0.29) is 17.6 Å². The molecule has 2 amide bonds. The van der Waals surface area contributed by atoms with Crippen molar-refractivity contribution in [2.75, 3.05) is 16.4 Å². The topological polar surface area (TPSA) is 88.9 Å². The fourth-order valence-corrected chi connectivity index (χ4v) is 2.81. The number of rotatable bonds is 7. The molecule has 0 aliphatic heterocycles. The molecule has 0 saturated heterocycles. The Hall–Kier alpha value is -2.61. The molecule has 24 heavy (non-hydrogen) atoms. The van der Waals surface area contributed by atoms with Crippen LogP contribution in [0.25, 0.3) is 0 Å². The molecule has 2 N–H and O–H groups in total. The predicted molar refractivity (Wildman–Crippen MR) is 95.1 cm³/mol. The number of hydrogen-bond donors (Lipinski definition) is 2. The summed E-state index contributed by atoms with van der Waals surface area (Å²) in [6.45, 7) is 7.59. The van der Waals surface area contributed by atoms with Gasteiger partial charge < -0.3 is 15.2 Å². The molecule has 7 nitrogen and oxygen atoms in total. The lowest BCUT2D eigenvalue weighted by molar-refractivity contribution is -0.114. The third-order valence-corrected chi connectivity index (χ3v) is 3.98. The molecule has 1 aromatic carbocycles. The van der Waals surface area contributed by atoms with Gasteiger partial charge in [0.1, 0.15) is 5.82 Å². The monoisotopic (exact) mass is 345 g/mol. The first-order valence-corrected chi connectivity index (χ1v) is 8.29. The van der Waals surface area contributed by atoms with E-state index in [0.717, 1.165) is 5.82 Å². The number of anilines is 2. The van der Waals surface area contributed by atoms with Gasteiger partial charge in [-0.2, -0.15) is 0 Å². The van der Waals surface area contributed by atoms with Crippen molar-refractivity contribution in [2.45, 2.75) is 25.5 Å². The summed E-state index contributed by atoms with van der Waals surface area (Å²) in [5.41, 5.74) is 1.25. The standard InChI is InChI=1S/C16H19N5O2S/c1-4-8-21-11(2)19-20-16(21)24-10-15(23)18-14-7-5-6-13(9-14)17-12(3)22/h4-7,9H,1,8,10H2,2-3H3,(H,17,22)(H,18,23). The number of allylic oxidation sites excluding steroid dienone is 1. The Labute approximate surface area is 144 Å². The number of amides is 2. The predicted octanol–water partition coefficient (Wildman–Crippen LogP) is 2.46. The van der Waals surface area contributed by atoms with Crippen LogP contribution in [0.15, 0.2) is 42.1 Å². The van der Waals surface area contributed by atoms with E-state index < -0.39 is 0 Å². The summed E-state index contributed by atoms with van der Waals surface area (Å²) in [6.07, 6.45) is 1.76. The molecule has 2 rings (SSSR count).